The van der Waals surface area contributed by atoms with E-state index >= 15 is 0 Å². The van der Waals surface area contributed by atoms with E-state index in [9.17, 15) is 9.59 Å². The Balaban J connectivity index is 2.61. The Morgan fingerprint density at radius 2 is 2.00 bits per heavy atom. The Kier molecular flexibility index (Phi) is 5.73. The molecule has 1 heterocycles. The van der Waals surface area contributed by atoms with Gasteiger partial charge in [0.25, 0.3) is 0 Å². The number of hydrogen-bond acceptors (Lipinski definition) is 4. The summed E-state index contributed by atoms with van der Waals surface area (Å²) in [6, 6.07) is 1.61. The van der Waals surface area contributed by atoms with E-state index in [1.54, 1.807) is 17.9 Å². The molecule has 0 radical (unpaired) electrons. The van der Waals surface area contributed by atoms with Crippen LogP contribution in [0.2, 0.25) is 0 Å². The highest BCUT2D eigenvalue weighted by Gasteiger charge is 2.21. The minimum absolute atomic E-state index is 0.0125. The fourth-order valence-electron chi connectivity index (χ4n) is 1.79. The number of anilines is 1. The number of carbonyl (C=O) groups is 2. The van der Waals surface area contributed by atoms with Crippen molar-refractivity contribution in [1.82, 2.24) is 10.1 Å². The zero-order valence-corrected chi connectivity index (χ0v) is 12.8. The Bertz CT molecular complexity index is 466. The molecule has 1 N–H and O–H groups in total. The molecule has 0 aromatic carbocycles. The predicted octanol–water partition coefficient (Wildman–Crippen LogP) is 2.20. The summed E-state index contributed by atoms with van der Waals surface area (Å²) >= 11 is 0. The fourth-order valence-corrected chi connectivity index (χ4v) is 1.79. The molecule has 1 aromatic rings. The molecule has 112 valence electrons. The molecular formula is C14H23N3O3. The van der Waals surface area contributed by atoms with Crippen molar-refractivity contribution in [1.29, 1.82) is 0 Å². The van der Waals surface area contributed by atoms with Gasteiger partial charge < -0.3 is 14.7 Å². The lowest BCUT2D eigenvalue weighted by Crippen LogP contribution is -2.42. The van der Waals surface area contributed by atoms with E-state index in [1.165, 1.54) is 0 Å². The van der Waals surface area contributed by atoms with Crippen molar-refractivity contribution in [3.8, 4) is 0 Å². The smallest absolute Gasteiger partial charge is 0.245 e. The van der Waals surface area contributed by atoms with E-state index in [1.807, 2.05) is 27.7 Å². The van der Waals surface area contributed by atoms with Gasteiger partial charge in [-0.2, -0.15) is 0 Å². The van der Waals surface area contributed by atoms with Gasteiger partial charge in [0, 0.05) is 18.5 Å². The molecule has 0 fully saturated rings. The Hall–Kier alpha value is -1.85. The van der Waals surface area contributed by atoms with Crippen LogP contribution in [0.15, 0.2) is 10.6 Å². The first kappa shape index (κ1) is 16.2. The Morgan fingerprint density at radius 3 is 2.45 bits per heavy atom. The van der Waals surface area contributed by atoms with Crippen molar-refractivity contribution < 1.29 is 14.1 Å². The van der Waals surface area contributed by atoms with Gasteiger partial charge in [-0.25, -0.2) is 0 Å². The van der Waals surface area contributed by atoms with Crippen LogP contribution in [0.1, 0.15) is 39.9 Å². The van der Waals surface area contributed by atoms with Gasteiger partial charge in [-0.15, -0.1) is 0 Å². The second-order valence-corrected chi connectivity index (χ2v) is 5.58. The second-order valence-electron chi connectivity index (χ2n) is 5.58. The highest BCUT2D eigenvalue weighted by molar-refractivity contribution is 5.93. The number of nitrogens with one attached hydrogen (secondary N) is 1. The van der Waals surface area contributed by atoms with E-state index in [4.69, 9.17) is 4.52 Å². The lowest BCUT2D eigenvalue weighted by atomic mass is 10.1. The number of amides is 2. The molecule has 1 rings (SSSR count). The van der Waals surface area contributed by atoms with Gasteiger partial charge in [0.15, 0.2) is 5.82 Å². The summed E-state index contributed by atoms with van der Waals surface area (Å²) in [6.07, 6.45) is 0.439. The van der Waals surface area contributed by atoms with Crippen LogP contribution in [-0.2, 0) is 9.59 Å². The summed E-state index contributed by atoms with van der Waals surface area (Å²) < 4.78 is 4.87. The molecule has 0 aliphatic rings. The average molecular weight is 281 g/mol. The third kappa shape index (κ3) is 5.03. The minimum Gasteiger partial charge on any atom is -0.360 e. The summed E-state index contributed by atoms with van der Waals surface area (Å²) in [5.41, 5.74) is 0. The van der Waals surface area contributed by atoms with Crippen LogP contribution in [0.4, 0.5) is 5.82 Å². The lowest BCUT2D eigenvalue weighted by Gasteiger charge is -2.26. The monoisotopic (exact) mass is 281 g/mol. The van der Waals surface area contributed by atoms with Gasteiger partial charge in [-0.1, -0.05) is 19.0 Å². The third-order valence-corrected chi connectivity index (χ3v) is 2.74. The average Bonchev–Trinajstić information content (AvgIpc) is 2.70. The van der Waals surface area contributed by atoms with Gasteiger partial charge in [0.2, 0.25) is 11.8 Å². The van der Waals surface area contributed by atoms with Gasteiger partial charge in [-0.3, -0.25) is 9.59 Å². The van der Waals surface area contributed by atoms with Gasteiger partial charge >= 0.3 is 0 Å². The van der Waals surface area contributed by atoms with Crippen molar-refractivity contribution >= 4 is 17.6 Å². The largest absolute Gasteiger partial charge is 0.360 e. The van der Waals surface area contributed by atoms with Gasteiger partial charge in [0.1, 0.15) is 12.3 Å². The Labute approximate surface area is 119 Å². The van der Waals surface area contributed by atoms with Gasteiger partial charge in [0.05, 0.1) is 0 Å². The number of aromatic nitrogens is 1. The quantitative estimate of drug-likeness (QED) is 0.867. The van der Waals surface area contributed by atoms with Crippen LogP contribution < -0.4 is 5.32 Å². The molecule has 6 nitrogen and oxygen atoms in total. The number of hydrogen-bond donors (Lipinski definition) is 1. The molecule has 0 atom stereocenters. The summed E-state index contributed by atoms with van der Waals surface area (Å²) in [5.74, 6) is 0.972. The van der Waals surface area contributed by atoms with Crippen molar-refractivity contribution in [2.24, 2.45) is 5.92 Å². The SMILES string of the molecule is Cc1cc(NC(=O)CN(C(=O)CC(C)C)C(C)C)no1. The van der Waals surface area contributed by atoms with Crippen LogP contribution in [0.5, 0.6) is 0 Å². The van der Waals surface area contributed by atoms with Crippen molar-refractivity contribution in [2.45, 2.75) is 47.1 Å². The molecule has 20 heavy (non-hydrogen) atoms. The van der Waals surface area contributed by atoms with E-state index in [-0.39, 0.29) is 30.3 Å². The normalized spacial score (nSPS) is 10.9. The molecule has 0 bridgehead atoms. The molecule has 0 aliphatic carbocycles. The summed E-state index contributed by atoms with van der Waals surface area (Å²) in [7, 11) is 0. The van der Waals surface area contributed by atoms with Crippen LogP contribution in [-0.4, -0.2) is 34.5 Å². The molecule has 2 amide bonds. The van der Waals surface area contributed by atoms with Crippen LogP contribution in [0.3, 0.4) is 0 Å². The van der Waals surface area contributed by atoms with E-state index in [2.05, 4.69) is 10.5 Å². The zero-order chi connectivity index (χ0) is 15.3. The minimum atomic E-state index is -0.274. The summed E-state index contributed by atoms with van der Waals surface area (Å²) in [5, 5.41) is 6.31. The van der Waals surface area contributed by atoms with Crippen LogP contribution in [0, 0.1) is 12.8 Å². The topological polar surface area (TPSA) is 75.4 Å². The first-order chi connectivity index (χ1) is 9.29. The van der Waals surface area contributed by atoms with Crippen molar-refractivity contribution in [3.05, 3.63) is 11.8 Å². The molecule has 1 aromatic heterocycles. The third-order valence-electron chi connectivity index (χ3n) is 2.74. The molecule has 0 unspecified atom stereocenters. The molecule has 6 heteroatoms. The van der Waals surface area contributed by atoms with Crippen molar-refractivity contribution in [2.75, 3.05) is 11.9 Å². The summed E-state index contributed by atoms with van der Waals surface area (Å²) in [4.78, 5) is 25.6. The lowest BCUT2D eigenvalue weighted by molar-refractivity contribution is -0.137. The predicted molar refractivity (Wildman–Crippen MR) is 76.2 cm³/mol. The van der Waals surface area contributed by atoms with E-state index in [0.29, 0.717) is 18.0 Å². The molecule has 0 spiro atoms. The number of rotatable bonds is 6. The first-order valence-electron chi connectivity index (χ1n) is 6.82. The maximum Gasteiger partial charge on any atom is 0.245 e. The number of aryl methyl sites for hydroxylation is 1. The number of carbonyl (C=O) groups excluding carboxylic acids is 2. The maximum absolute atomic E-state index is 12.1. The maximum atomic E-state index is 12.1. The van der Waals surface area contributed by atoms with E-state index in [0.717, 1.165) is 0 Å². The highest BCUT2D eigenvalue weighted by atomic mass is 16.5. The molecule has 0 saturated heterocycles. The van der Waals surface area contributed by atoms with Crippen LogP contribution in [0.25, 0.3) is 0 Å². The molecular weight excluding hydrogens is 258 g/mol. The Morgan fingerprint density at radius 1 is 1.35 bits per heavy atom. The molecule has 0 aliphatic heterocycles. The fraction of sp³-hybridized carbons (Fsp3) is 0.643. The van der Waals surface area contributed by atoms with Crippen LogP contribution >= 0.6 is 0 Å². The van der Waals surface area contributed by atoms with Crippen molar-refractivity contribution in [3.63, 3.8) is 0 Å². The summed E-state index contributed by atoms with van der Waals surface area (Å²) in [6.45, 7) is 9.52. The molecule has 0 saturated carbocycles. The standard InChI is InChI=1S/C14H23N3O3/c1-9(2)6-14(19)17(10(3)4)8-13(18)15-12-7-11(5)20-16-12/h7,9-10H,6,8H2,1-5H3,(H,15,16,18). The zero-order valence-electron chi connectivity index (χ0n) is 12.8. The van der Waals surface area contributed by atoms with Gasteiger partial charge in [-0.05, 0) is 26.7 Å². The number of nitrogens with zero attached hydrogens (tertiary/aromatic N) is 2. The van der Waals surface area contributed by atoms with E-state index < -0.39 is 0 Å². The first-order valence-corrected chi connectivity index (χ1v) is 6.82. The highest BCUT2D eigenvalue weighted by Crippen LogP contribution is 2.10. The second kappa shape index (κ2) is 7.07.